The second kappa shape index (κ2) is 5.87. The lowest BCUT2D eigenvalue weighted by Crippen LogP contribution is -2.61. The number of hydrogen-bond acceptors (Lipinski definition) is 3. The van der Waals surface area contributed by atoms with Crippen LogP contribution in [0, 0.1) is 5.82 Å². The normalized spacial score (nSPS) is 26.7. The molecule has 0 aromatic heterocycles. The number of halogens is 1. The zero-order valence-electron chi connectivity index (χ0n) is 13.2. The molecule has 2 fully saturated rings. The third-order valence-corrected chi connectivity index (χ3v) is 6.91. The fourth-order valence-electron chi connectivity index (χ4n) is 3.70. The van der Waals surface area contributed by atoms with E-state index in [9.17, 15) is 17.6 Å². The fourth-order valence-corrected chi connectivity index (χ4v) is 5.29. The van der Waals surface area contributed by atoms with E-state index in [-0.39, 0.29) is 17.3 Å². The first-order valence-electron chi connectivity index (χ1n) is 7.88. The van der Waals surface area contributed by atoms with Crippen molar-refractivity contribution in [3.05, 3.63) is 30.1 Å². The van der Waals surface area contributed by atoms with Gasteiger partial charge >= 0.3 is 0 Å². The van der Waals surface area contributed by atoms with E-state index in [4.69, 9.17) is 0 Å². The molecule has 0 bridgehead atoms. The summed E-state index contributed by atoms with van der Waals surface area (Å²) in [7, 11) is -1.98. The number of carbonyl (C=O) groups is 1. The van der Waals surface area contributed by atoms with E-state index in [1.54, 1.807) is 11.9 Å². The number of carbonyl (C=O) groups excluding carboxylic acids is 1. The molecule has 126 valence electrons. The summed E-state index contributed by atoms with van der Waals surface area (Å²) >= 11 is 0. The van der Waals surface area contributed by atoms with Gasteiger partial charge < -0.3 is 4.90 Å². The highest BCUT2D eigenvalue weighted by Crippen LogP contribution is 2.37. The Morgan fingerprint density at radius 1 is 1.22 bits per heavy atom. The molecule has 23 heavy (non-hydrogen) atoms. The predicted molar refractivity (Wildman–Crippen MR) is 83.7 cm³/mol. The number of piperidine rings is 2. The van der Waals surface area contributed by atoms with Gasteiger partial charge in [-0.05, 0) is 43.9 Å². The minimum atomic E-state index is -3.75. The van der Waals surface area contributed by atoms with Crippen LogP contribution in [0.4, 0.5) is 4.39 Å². The van der Waals surface area contributed by atoms with Gasteiger partial charge in [0.1, 0.15) is 5.82 Å². The van der Waals surface area contributed by atoms with Gasteiger partial charge in [-0.15, -0.1) is 0 Å². The van der Waals surface area contributed by atoms with Crippen LogP contribution in [-0.2, 0) is 14.8 Å². The molecule has 1 unspecified atom stereocenters. The van der Waals surface area contributed by atoms with Crippen molar-refractivity contribution in [1.29, 1.82) is 0 Å². The largest absolute Gasteiger partial charge is 0.339 e. The summed E-state index contributed by atoms with van der Waals surface area (Å²) in [5, 5.41) is 0. The molecule has 0 N–H and O–H groups in total. The zero-order chi connectivity index (χ0) is 16.7. The van der Waals surface area contributed by atoms with E-state index in [0.29, 0.717) is 19.4 Å². The average molecular weight is 340 g/mol. The van der Waals surface area contributed by atoms with Gasteiger partial charge in [-0.3, -0.25) is 4.79 Å². The van der Waals surface area contributed by atoms with Gasteiger partial charge in [0.05, 0.1) is 10.4 Å². The van der Waals surface area contributed by atoms with Gasteiger partial charge in [-0.25, -0.2) is 12.8 Å². The molecular weight excluding hydrogens is 319 g/mol. The van der Waals surface area contributed by atoms with E-state index < -0.39 is 21.4 Å². The van der Waals surface area contributed by atoms with Crippen LogP contribution < -0.4 is 0 Å². The molecule has 1 aromatic carbocycles. The Hall–Kier alpha value is -1.47. The maximum atomic E-state index is 13.4. The molecule has 2 aliphatic rings. The van der Waals surface area contributed by atoms with Crippen molar-refractivity contribution < 1.29 is 17.6 Å². The molecule has 0 radical (unpaired) electrons. The smallest absolute Gasteiger partial charge is 0.243 e. The standard InChI is InChI=1S/C16H21FN2O3S/c1-18-15(20)7-3-8-16(18)9-4-10-19(12-16)23(21,22)14-6-2-5-13(17)11-14/h2,5-6,11H,3-4,7-10,12H2,1H3. The molecule has 1 atom stereocenters. The first-order chi connectivity index (χ1) is 10.8. The number of amides is 1. The average Bonchev–Trinajstić information content (AvgIpc) is 2.53. The van der Waals surface area contributed by atoms with Crippen LogP contribution in [0.2, 0.25) is 0 Å². The Morgan fingerprint density at radius 3 is 2.70 bits per heavy atom. The number of rotatable bonds is 2. The highest BCUT2D eigenvalue weighted by Gasteiger charge is 2.45. The van der Waals surface area contributed by atoms with Gasteiger partial charge in [0.2, 0.25) is 15.9 Å². The molecule has 0 aliphatic carbocycles. The Morgan fingerprint density at radius 2 is 1.96 bits per heavy atom. The Bertz CT molecular complexity index is 718. The van der Waals surface area contributed by atoms with Gasteiger partial charge in [-0.1, -0.05) is 6.07 Å². The number of sulfonamides is 1. The van der Waals surface area contributed by atoms with E-state index in [0.717, 1.165) is 25.3 Å². The molecule has 1 aromatic rings. The number of benzene rings is 1. The Balaban J connectivity index is 1.90. The van der Waals surface area contributed by atoms with E-state index in [1.165, 1.54) is 22.5 Å². The van der Waals surface area contributed by atoms with Crippen molar-refractivity contribution in [3.8, 4) is 0 Å². The second-order valence-corrected chi connectivity index (χ2v) is 8.37. The van der Waals surface area contributed by atoms with E-state index in [2.05, 4.69) is 0 Å². The summed E-state index contributed by atoms with van der Waals surface area (Å²) in [6.45, 7) is 0.691. The van der Waals surface area contributed by atoms with Gasteiger partial charge in [0, 0.05) is 26.6 Å². The molecule has 5 nitrogen and oxygen atoms in total. The minimum absolute atomic E-state index is 0.0284. The van der Waals surface area contributed by atoms with Crippen LogP contribution >= 0.6 is 0 Å². The van der Waals surface area contributed by atoms with Crippen molar-refractivity contribution in [2.24, 2.45) is 0 Å². The molecule has 2 heterocycles. The molecule has 2 saturated heterocycles. The van der Waals surface area contributed by atoms with Gasteiger partial charge in [0.15, 0.2) is 0 Å². The lowest BCUT2D eigenvalue weighted by Gasteiger charge is -2.50. The van der Waals surface area contributed by atoms with Crippen molar-refractivity contribution in [2.45, 2.75) is 42.5 Å². The summed E-state index contributed by atoms with van der Waals surface area (Å²) in [4.78, 5) is 13.7. The van der Waals surface area contributed by atoms with Crippen molar-refractivity contribution >= 4 is 15.9 Å². The summed E-state index contributed by atoms with van der Waals surface area (Å²) < 4.78 is 40.4. The van der Waals surface area contributed by atoms with Crippen LogP contribution in [0.1, 0.15) is 32.1 Å². The van der Waals surface area contributed by atoms with Crippen molar-refractivity contribution in [3.63, 3.8) is 0 Å². The molecule has 1 amide bonds. The number of likely N-dealkylation sites (N-methyl/N-ethyl adjacent to an activating group) is 1. The third kappa shape index (κ3) is 2.87. The molecule has 7 heteroatoms. The number of nitrogens with zero attached hydrogens (tertiary/aromatic N) is 2. The van der Waals surface area contributed by atoms with Crippen LogP contribution in [0.15, 0.2) is 29.2 Å². The quantitative estimate of drug-likeness (QED) is 0.827. The lowest BCUT2D eigenvalue weighted by molar-refractivity contribution is -0.141. The Labute approximate surface area is 136 Å². The van der Waals surface area contributed by atoms with Crippen LogP contribution in [-0.4, -0.2) is 49.2 Å². The van der Waals surface area contributed by atoms with Crippen LogP contribution in [0.25, 0.3) is 0 Å². The van der Waals surface area contributed by atoms with Crippen LogP contribution in [0.3, 0.4) is 0 Å². The van der Waals surface area contributed by atoms with Crippen molar-refractivity contribution in [1.82, 2.24) is 9.21 Å². The number of likely N-dealkylation sites (tertiary alicyclic amines) is 1. The van der Waals surface area contributed by atoms with E-state index >= 15 is 0 Å². The minimum Gasteiger partial charge on any atom is -0.339 e. The predicted octanol–water partition coefficient (Wildman–Crippen LogP) is 1.99. The first-order valence-corrected chi connectivity index (χ1v) is 9.32. The topological polar surface area (TPSA) is 57.7 Å². The SMILES string of the molecule is CN1C(=O)CCCC12CCCN(S(=O)(=O)c1cccc(F)c1)C2. The second-order valence-electron chi connectivity index (χ2n) is 6.43. The highest BCUT2D eigenvalue weighted by atomic mass is 32.2. The number of hydrogen-bond donors (Lipinski definition) is 0. The van der Waals surface area contributed by atoms with Gasteiger partial charge in [0.25, 0.3) is 0 Å². The molecule has 3 rings (SSSR count). The Kier molecular flexibility index (Phi) is 4.18. The fraction of sp³-hybridized carbons (Fsp3) is 0.562. The maximum Gasteiger partial charge on any atom is 0.243 e. The van der Waals surface area contributed by atoms with E-state index in [1.807, 2.05) is 0 Å². The maximum absolute atomic E-state index is 13.4. The van der Waals surface area contributed by atoms with Crippen LogP contribution in [0.5, 0.6) is 0 Å². The van der Waals surface area contributed by atoms with Crippen molar-refractivity contribution in [2.75, 3.05) is 20.1 Å². The first kappa shape index (κ1) is 16.4. The summed E-state index contributed by atoms with van der Waals surface area (Å²) in [6.07, 6.45) is 3.63. The summed E-state index contributed by atoms with van der Waals surface area (Å²) in [5.74, 6) is -0.496. The monoisotopic (exact) mass is 340 g/mol. The van der Waals surface area contributed by atoms with Gasteiger partial charge in [-0.2, -0.15) is 4.31 Å². The molecule has 0 saturated carbocycles. The molecular formula is C16H21FN2O3S. The lowest BCUT2D eigenvalue weighted by atomic mass is 9.81. The summed E-state index contributed by atoms with van der Waals surface area (Å²) in [6, 6.07) is 5.09. The zero-order valence-corrected chi connectivity index (χ0v) is 14.0. The highest BCUT2D eigenvalue weighted by molar-refractivity contribution is 7.89. The molecule has 2 aliphatic heterocycles. The summed E-state index contributed by atoms with van der Waals surface area (Å²) in [5.41, 5.74) is -0.423. The molecule has 1 spiro atoms. The third-order valence-electron chi connectivity index (χ3n) is 5.07.